The van der Waals surface area contributed by atoms with Gasteiger partial charge in [-0.3, -0.25) is 4.79 Å². The van der Waals surface area contributed by atoms with E-state index in [0.29, 0.717) is 0 Å². The average molecular weight is 103 g/mol. The second kappa shape index (κ2) is 2.34. The molecule has 0 spiro atoms. The van der Waals surface area contributed by atoms with E-state index in [4.69, 9.17) is 0 Å². The minimum atomic E-state index is -0.720. The van der Waals surface area contributed by atoms with Gasteiger partial charge < -0.3 is 5.73 Å². The molecule has 2 N–H and O–H groups in total. The summed E-state index contributed by atoms with van der Waals surface area (Å²) in [5, 5.41) is 0. The zero-order valence-corrected chi connectivity index (χ0v) is 3.94. The van der Waals surface area contributed by atoms with Gasteiger partial charge in [0.25, 0.3) is 0 Å². The van der Waals surface area contributed by atoms with Gasteiger partial charge in [0.15, 0.2) is 0 Å². The van der Waals surface area contributed by atoms with Crippen molar-refractivity contribution in [1.29, 1.82) is 0 Å². The Morgan fingerprint density at radius 3 is 2.29 bits per heavy atom. The summed E-state index contributed by atoms with van der Waals surface area (Å²) >= 11 is 0. The van der Waals surface area contributed by atoms with Crippen LogP contribution in [0, 0.1) is 0 Å². The summed E-state index contributed by atoms with van der Waals surface area (Å²) in [5.41, 5.74) is 4.54. The molecule has 0 aromatic rings. The van der Waals surface area contributed by atoms with Crippen molar-refractivity contribution in [2.75, 3.05) is 0 Å². The van der Waals surface area contributed by atoms with Gasteiger partial charge >= 0.3 is 0 Å². The topological polar surface area (TPSA) is 43.1 Å². The molecule has 0 radical (unpaired) electrons. The van der Waals surface area contributed by atoms with Crippen LogP contribution >= 0.6 is 0 Å². The fraction of sp³-hybridized carbons (Fsp3) is 0.250. The number of carbonyl (C=O) groups is 1. The van der Waals surface area contributed by atoms with Crippen LogP contribution in [-0.2, 0) is 4.79 Å². The van der Waals surface area contributed by atoms with E-state index in [1.165, 1.54) is 6.92 Å². The van der Waals surface area contributed by atoms with Gasteiger partial charge in [-0.25, -0.2) is 4.39 Å². The lowest BCUT2D eigenvalue weighted by Gasteiger charge is -1.83. The number of carbonyl (C=O) groups excluding carboxylic acids is 1. The van der Waals surface area contributed by atoms with E-state index < -0.39 is 5.91 Å². The van der Waals surface area contributed by atoms with Crippen LogP contribution in [0.1, 0.15) is 6.92 Å². The number of hydrogen-bond acceptors (Lipinski definition) is 1. The van der Waals surface area contributed by atoms with E-state index in [1.54, 1.807) is 0 Å². The van der Waals surface area contributed by atoms with Gasteiger partial charge in [-0.05, 0) is 6.92 Å². The molecule has 0 aliphatic carbocycles. The number of amides is 1. The van der Waals surface area contributed by atoms with Gasteiger partial charge in [0.2, 0.25) is 5.91 Å². The fourth-order valence-corrected chi connectivity index (χ4v) is 0.0538. The SMILES string of the molecule is CC(=CF)C(N)=O. The van der Waals surface area contributed by atoms with Crippen LogP contribution in [0.4, 0.5) is 4.39 Å². The second-order valence-electron chi connectivity index (χ2n) is 1.16. The number of rotatable bonds is 1. The van der Waals surface area contributed by atoms with Crippen LogP contribution in [-0.4, -0.2) is 5.91 Å². The van der Waals surface area contributed by atoms with Crippen molar-refractivity contribution in [2.45, 2.75) is 6.92 Å². The Labute approximate surface area is 40.8 Å². The Bertz CT molecular complexity index is 108. The first-order chi connectivity index (χ1) is 3.18. The van der Waals surface area contributed by atoms with Gasteiger partial charge in [-0.15, -0.1) is 0 Å². The summed E-state index contributed by atoms with van der Waals surface area (Å²) in [5.74, 6) is -0.720. The molecular weight excluding hydrogens is 97.0 g/mol. The highest BCUT2D eigenvalue weighted by molar-refractivity contribution is 5.90. The molecule has 0 saturated carbocycles. The molecule has 2 nitrogen and oxygen atoms in total. The third kappa shape index (κ3) is 1.92. The van der Waals surface area contributed by atoms with Gasteiger partial charge in [0.05, 0.1) is 6.33 Å². The lowest BCUT2D eigenvalue weighted by atomic mass is 10.3. The Balaban J connectivity index is 3.82. The van der Waals surface area contributed by atoms with Crippen molar-refractivity contribution in [1.82, 2.24) is 0 Å². The largest absolute Gasteiger partial charge is 0.366 e. The van der Waals surface area contributed by atoms with Gasteiger partial charge in [-0.1, -0.05) is 0 Å². The van der Waals surface area contributed by atoms with Crippen LogP contribution in [0.25, 0.3) is 0 Å². The predicted octanol–water partition coefficient (Wildman–Crippen LogP) is 0.345. The van der Waals surface area contributed by atoms with Crippen molar-refractivity contribution >= 4 is 5.91 Å². The highest BCUT2D eigenvalue weighted by Crippen LogP contribution is 1.87. The van der Waals surface area contributed by atoms with Crippen LogP contribution < -0.4 is 5.73 Å². The zero-order chi connectivity index (χ0) is 5.86. The molecule has 3 heteroatoms. The second-order valence-corrected chi connectivity index (χ2v) is 1.16. The number of hydrogen-bond donors (Lipinski definition) is 1. The normalized spacial score (nSPS) is 11.4. The number of primary amides is 1. The molecule has 0 fully saturated rings. The summed E-state index contributed by atoms with van der Waals surface area (Å²) in [6.45, 7) is 1.31. The highest BCUT2D eigenvalue weighted by atomic mass is 19.1. The first kappa shape index (κ1) is 6.14. The third-order valence-electron chi connectivity index (χ3n) is 0.552. The fourth-order valence-electron chi connectivity index (χ4n) is 0.0538. The molecule has 1 amide bonds. The molecule has 0 unspecified atom stereocenters. The quantitative estimate of drug-likeness (QED) is 0.478. The van der Waals surface area contributed by atoms with E-state index >= 15 is 0 Å². The standard InChI is InChI=1S/C4H6FNO/c1-3(2-5)4(6)7/h2H,1H3,(H2,6,7). The third-order valence-corrected chi connectivity index (χ3v) is 0.552. The molecule has 0 aromatic heterocycles. The van der Waals surface area contributed by atoms with Gasteiger partial charge in [0.1, 0.15) is 0 Å². The van der Waals surface area contributed by atoms with Crippen molar-refractivity contribution in [3.8, 4) is 0 Å². The number of halogens is 1. The predicted molar refractivity (Wildman–Crippen MR) is 24.1 cm³/mol. The maximum absolute atomic E-state index is 11.2. The number of nitrogens with two attached hydrogens (primary N) is 1. The van der Waals surface area contributed by atoms with E-state index in [-0.39, 0.29) is 11.9 Å². The van der Waals surface area contributed by atoms with E-state index in [0.717, 1.165) is 0 Å². The molecular formula is C4H6FNO. The Kier molecular flexibility index (Phi) is 2.05. The van der Waals surface area contributed by atoms with E-state index in [1.807, 2.05) is 0 Å². The van der Waals surface area contributed by atoms with Gasteiger partial charge in [0, 0.05) is 5.57 Å². The maximum Gasteiger partial charge on any atom is 0.246 e. The molecule has 0 bridgehead atoms. The molecule has 0 aromatic carbocycles. The van der Waals surface area contributed by atoms with Gasteiger partial charge in [-0.2, -0.15) is 0 Å². The molecule has 0 aliphatic heterocycles. The Morgan fingerprint density at radius 1 is 1.86 bits per heavy atom. The molecule has 0 heterocycles. The molecule has 0 saturated heterocycles. The Morgan fingerprint density at radius 2 is 2.29 bits per heavy atom. The van der Waals surface area contributed by atoms with Crippen LogP contribution in [0.2, 0.25) is 0 Å². The average Bonchev–Trinajstić information content (AvgIpc) is 1.65. The zero-order valence-electron chi connectivity index (χ0n) is 3.94. The summed E-state index contributed by atoms with van der Waals surface area (Å²) in [4.78, 5) is 9.84. The van der Waals surface area contributed by atoms with E-state index in [2.05, 4.69) is 5.73 Å². The first-order valence-electron chi connectivity index (χ1n) is 1.75. The van der Waals surface area contributed by atoms with Crippen molar-refractivity contribution in [3.05, 3.63) is 11.9 Å². The Hall–Kier alpha value is -0.860. The van der Waals surface area contributed by atoms with Crippen molar-refractivity contribution in [3.63, 3.8) is 0 Å². The summed E-state index contributed by atoms with van der Waals surface area (Å²) in [7, 11) is 0. The summed E-state index contributed by atoms with van der Waals surface area (Å²) < 4.78 is 11.2. The van der Waals surface area contributed by atoms with Crippen molar-refractivity contribution in [2.24, 2.45) is 5.73 Å². The minimum Gasteiger partial charge on any atom is -0.366 e. The minimum absolute atomic E-state index is 0.0556. The van der Waals surface area contributed by atoms with E-state index in [9.17, 15) is 9.18 Å². The van der Waals surface area contributed by atoms with Crippen LogP contribution in [0.5, 0.6) is 0 Å². The summed E-state index contributed by atoms with van der Waals surface area (Å²) in [6, 6.07) is 0. The lowest BCUT2D eigenvalue weighted by molar-refractivity contribution is -0.114. The lowest BCUT2D eigenvalue weighted by Crippen LogP contribution is -2.10. The van der Waals surface area contributed by atoms with Crippen molar-refractivity contribution < 1.29 is 9.18 Å². The molecule has 0 aliphatic rings. The molecule has 40 valence electrons. The smallest absolute Gasteiger partial charge is 0.246 e. The summed E-state index contributed by atoms with van der Waals surface area (Å²) in [6.07, 6.45) is 0.183. The maximum atomic E-state index is 11.2. The molecule has 7 heavy (non-hydrogen) atoms. The monoisotopic (exact) mass is 103 g/mol. The van der Waals surface area contributed by atoms with Crippen LogP contribution in [0.15, 0.2) is 11.9 Å². The first-order valence-corrected chi connectivity index (χ1v) is 1.75. The molecule has 0 atom stereocenters. The van der Waals surface area contributed by atoms with Crippen LogP contribution in [0.3, 0.4) is 0 Å². The highest BCUT2D eigenvalue weighted by Gasteiger charge is 1.92. The molecule has 0 rings (SSSR count).